The molecule has 0 bridgehead atoms. The molecule has 1 heterocycles. The highest BCUT2D eigenvalue weighted by molar-refractivity contribution is 7.99. The summed E-state index contributed by atoms with van der Waals surface area (Å²) in [4.78, 5) is 19.2. The van der Waals surface area contributed by atoms with Crippen LogP contribution >= 0.6 is 23.4 Å². The number of imidazole rings is 1. The normalized spacial score (nSPS) is 11.1. The first-order valence-corrected chi connectivity index (χ1v) is 11.2. The van der Waals surface area contributed by atoms with E-state index in [2.05, 4.69) is 4.98 Å². The smallest absolute Gasteiger partial charge is 0.233 e. The Morgan fingerprint density at radius 2 is 2.06 bits per heavy atom. The zero-order valence-electron chi connectivity index (χ0n) is 17.7. The minimum Gasteiger partial charge on any atom is -0.494 e. The Morgan fingerprint density at radius 3 is 2.74 bits per heavy atom. The van der Waals surface area contributed by atoms with E-state index in [9.17, 15) is 9.18 Å². The molecule has 0 saturated carbocycles. The van der Waals surface area contributed by atoms with Crippen molar-refractivity contribution < 1.29 is 18.7 Å². The number of rotatable bonds is 10. The number of carbonyl (C=O) groups excluding carboxylic acids is 1. The molecule has 0 spiro atoms. The number of thioether (sulfide) groups is 1. The quantitative estimate of drug-likeness (QED) is 0.409. The highest BCUT2D eigenvalue weighted by Gasteiger charge is 2.17. The fourth-order valence-electron chi connectivity index (χ4n) is 3.21. The molecule has 0 N–H and O–H groups in total. The molecule has 2 aromatic carbocycles. The molecule has 0 aliphatic heterocycles. The van der Waals surface area contributed by atoms with Crippen LogP contribution in [0.15, 0.2) is 41.6 Å². The summed E-state index contributed by atoms with van der Waals surface area (Å²) in [5.41, 5.74) is 2.43. The highest BCUT2D eigenvalue weighted by Crippen LogP contribution is 2.27. The number of fused-ring (bicyclic) bond motifs is 1. The summed E-state index contributed by atoms with van der Waals surface area (Å²) in [6.07, 6.45) is 0. The van der Waals surface area contributed by atoms with Crippen LogP contribution in [-0.2, 0) is 22.6 Å². The third-order valence-corrected chi connectivity index (χ3v) is 6.04. The summed E-state index contributed by atoms with van der Waals surface area (Å²) in [7, 11) is 3.07. The lowest BCUT2D eigenvalue weighted by molar-refractivity contribution is -0.128. The molecule has 1 amide bonds. The highest BCUT2D eigenvalue weighted by atomic mass is 35.5. The van der Waals surface area contributed by atoms with Gasteiger partial charge in [-0.2, -0.15) is 0 Å². The standard InChI is InChI=1S/C22H25ClFN3O3S/c1-4-26(13-15-5-8-20(30-3)17(24)11-15)21(28)14-31-22-25-18-12-16(23)6-7-19(18)27(22)9-10-29-2/h5-8,11-12H,4,9-10,13-14H2,1-3H3. The van der Waals surface area contributed by atoms with Gasteiger partial charge >= 0.3 is 0 Å². The topological polar surface area (TPSA) is 56.6 Å². The monoisotopic (exact) mass is 465 g/mol. The van der Waals surface area contributed by atoms with E-state index < -0.39 is 5.82 Å². The van der Waals surface area contributed by atoms with Crippen molar-refractivity contribution in [2.24, 2.45) is 0 Å². The number of hydrogen-bond acceptors (Lipinski definition) is 5. The third kappa shape index (κ3) is 5.70. The zero-order chi connectivity index (χ0) is 22.4. The summed E-state index contributed by atoms with van der Waals surface area (Å²) in [6.45, 7) is 3.89. The van der Waals surface area contributed by atoms with Crippen molar-refractivity contribution in [1.29, 1.82) is 0 Å². The van der Waals surface area contributed by atoms with Gasteiger partial charge in [0.15, 0.2) is 16.7 Å². The summed E-state index contributed by atoms with van der Waals surface area (Å²) in [5.74, 6) is -0.0875. The Labute approximate surface area is 190 Å². The first kappa shape index (κ1) is 23.4. The van der Waals surface area contributed by atoms with E-state index in [4.69, 9.17) is 21.1 Å². The largest absolute Gasteiger partial charge is 0.494 e. The SMILES string of the molecule is CCN(Cc1ccc(OC)c(F)c1)C(=O)CSc1nc2cc(Cl)ccc2n1CCOC. The molecular weight excluding hydrogens is 441 g/mol. The van der Waals surface area contributed by atoms with Gasteiger partial charge in [-0.05, 0) is 42.8 Å². The maximum atomic E-state index is 14.0. The van der Waals surface area contributed by atoms with Gasteiger partial charge in [0.1, 0.15) is 0 Å². The van der Waals surface area contributed by atoms with Crippen LogP contribution in [-0.4, -0.2) is 53.5 Å². The van der Waals surface area contributed by atoms with Crippen LogP contribution in [0.4, 0.5) is 4.39 Å². The summed E-state index contributed by atoms with van der Waals surface area (Å²) in [5, 5.41) is 1.34. The predicted octanol–water partition coefficient (Wildman–Crippen LogP) is 4.62. The summed E-state index contributed by atoms with van der Waals surface area (Å²) >= 11 is 7.47. The molecule has 0 atom stereocenters. The van der Waals surface area contributed by atoms with E-state index >= 15 is 0 Å². The van der Waals surface area contributed by atoms with Crippen LogP contribution in [0.1, 0.15) is 12.5 Å². The van der Waals surface area contributed by atoms with Crippen molar-refractivity contribution in [1.82, 2.24) is 14.5 Å². The van der Waals surface area contributed by atoms with Gasteiger partial charge in [-0.1, -0.05) is 29.4 Å². The van der Waals surface area contributed by atoms with Crippen LogP contribution in [0.5, 0.6) is 5.75 Å². The number of halogens is 2. The maximum absolute atomic E-state index is 14.0. The van der Waals surface area contributed by atoms with Crippen molar-refractivity contribution in [3.05, 3.63) is 52.8 Å². The summed E-state index contributed by atoms with van der Waals surface area (Å²) < 4.78 is 26.2. The van der Waals surface area contributed by atoms with Gasteiger partial charge in [0.25, 0.3) is 0 Å². The number of carbonyl (C=O) groups is 1. The Kier molecular flexibility index (Phi) is 8.17. The zero-order valence-corrected chi connectivity index (χ0v) is 19.3. The Bertz CT molecular complexity index is 1060. The second kappa shape index (κ2) is 10.8. The van der Waals surface area contributed by atoms with Crippen LogP contribution in [0.2, 0.25) is 5.02 Å². The average Bonchev–Trinajstić information content (AvgIpc) is 3.10. The third-order valence-electron chi connectivity index (χ3n) is 4.84. The Balaban J connectivity index is 1.72. The maximum Gasteiger partial charge on any atom is 0.233 e. The summed E-state index contributed by atoms with van der Waals surface area (Å²) in [6, 6.07) is 10.3. The van der Waals surface area contributed by atoms with Crippen molar-refractivity contribution >= 4 is 40.3 Å². The van der Waals surface area contributed by atoms with E-state index in [1.54, 1.807) is 24.1 Å². The second-order valence-corrected chi connectivity index (χ2v) is 8.22. The number of aromatic nitrogens is 2. The van der Waals surface area contributed by atoms with E-state index in [1.165, 1.54) is 24.9 Å². The van der Waals surface area contributed by atoms with Gasteiger partial charge < -0.3 is 18.9 Å². The van der Waals surface area contributed by atoms with Crippen LogP contribution in [0.3, 0.4) is 0 Å². The number of methoxy groups -OCH3 is 2. The van der Waals surface area contributed by atoms with Gasteiger partial charge in [-0.3, -0.25) is 4.79 Å². The molecule has 0 saturated heterocycles. The Hall–Kier alpha value is -2.29. The van der Waals surface area contributed by atoms with Crippen molar-refractivity contribution in [2.75, 3.05) is 33.1 Å². The van der Waals surface area contributed by atoms with Gasteiger partial charge in [-0.15, -0.1) is 0 Å². The molecule has 31 heavy (non-hydrogen) atoms. The predicted molar refractivity (Wildman–Crippen MR) is 121 cm³/mol. The molecule has 0 radical (unpaired) electrons. The first-order valence-electron chi connectivity index (χ1n) is 9.84. The molecule has 166 valence electrons. The molecular formula is C22H25ClFN3O3S. The van der Waals surface area contributed by atoms with Crippen LogP contribution < -0.4 is 4.74 Å². The molecule has 3 aromatic rings. The van der Waals surface area contributed by atoms with Crippen LogP contribution in [0, 0.1) is 5.82 Å². The van der Waals surface area contributed by atoms with Crippen LogP contribution in [0.25, 0.3) is 11.0 Å². The lowest BCUT2D eigenvalue weighted by Crippen LogP contribution is -2.31. The minimum absolute atomic E-state index is 0.0490. The van der Waals surface area contributed by atoms with Crippen molar-refractivity contribution in [3.8, 4) is 5.75 Å². The molecule has 9 heteroatoms. The molecule has 0 unspecified atom stereocenters. The molecule has 6 nitrogen and oxygen atoms in total. The van der Waals surface area contributed by atoms with E-state index in [-0.39, 0.29) is 17.4 Å². The van der Waals surface area contributed by atoms with E-state index in [0.29, 0.717) is 36.8 Å². The second-order valence-electron chi connectivity index (χ2n) is 6.84. The van der Waals surface area contributed by atoms with E-state index in [0.717, 1.165) is 16.2 Å². The number of ether oxygens (including phenoxy) is 2. The lowest BCUT2D eigenvalue weighted by Gasteiger charge is -2.21. The molecule has 0 fully saturated rings. The average molecular weight is 466 g/mol. The number of benzene rings is 2. The fourth-order valence-corrected chi connectivity index (χ4v) is 4.32. The van der Waals surface area contributed by atoms with Gasteiger partial charge in [-0.25, -0.2) is 9.37 Å². The van der Waals surface area contributed by atoms with Crippen molar-refractivity contribution in [3.63, 3.8) is 0 Å². The number of nitrogens with zero attached hydrogens (tertiary/aromatic N) is 3. The van der Waals surface area contributed by atoms with Gasteiger partial charge in [0.05, 0.1) is 30.5 Å². The van der Waals surface area contributed by atoms with Crippen molar-refractivity contribution in [2.45, 2.75) is 25.2 Å². The minimum atomic E-state index is -0.441. The molecule has 3 rings (SSSR count). The molecule has 0 aliphatic rings. The van der Waals surface area contributed by atoms with Gasteiger partial charge in [0, 0.05) is 31.8 Å². The lowest BCUT2D eigenvalue weighted by atomic mass is 10.2. The number of hydrogen-bond donors (Lipinski definition) is 0. The first-order chi connectivity index (χ1) is 15.0. The Morgan fingerprint density at radius 1 is 1.26 bits per heavy atom. The molecule has 0 aliphatic carbocycles. The molecule has 1 aromatic heterocycles. The fraction of sp³-hybridized carbons (Fsp3) is 0.364. The van der Waals surface area contributed by atoms with Gasteiger partial charge in [0.2, 0.25) is 5.91 Å². The number of amides is 1. The van der Waals surface area contributed by atoms with E-state index in [1.807, 2.05) is 29.7 Å².